The van der Waals surface area contributed by atoms with Gasteiger partial charge in [-0.3, -0.25) is 4.68 Å². The summed E-state index contributed by atoms with van der Waals surface area (Å²) in [6, 6.07) is 0.166. The van der Waals surface area contributed by atoms with Crippen molar-refractivity contribution in [2.75, 3.05) is 31.7 Å². The fraction of sp³-hybridized carbons (Fsp3) is 0.786. The molecular formula is C14H26N4O. The van der Waals surface area contributed by atoms with Crippen molar-refractivity contribution in [3.05, 3.63) is 11.3 Å². The Morgan fingerprint density at radius 3 is 2.89 bits per heavy atom. The molecule has 1 aliphatic rings. The molecule has 0 radical (unpaired) electrons. The van der Waals surface area contributed by atoms with Crippen LogP contribution in [-0.4, -0.2) is 42.6 Å². The molecule has 2 heterocycles. The Bertz CT molecular complexity index is 427. The van der Waals surface area contributed by atoms with Gasteiger partial charge in [-0.15, -0.1) is 0 Å². The van der Waals surface area contributed by atoms with Gasteiger partial charge in [0.05, 0.1) is 12.3 Å². The summed E-state index contributed by atoms with van der Waals surface area (Å²) in [5, 5.41) is 4.57. The van der Waals surface area contributed by atoms with Gasteiger partial charge in [0.15, 0.2) is 0 Å². The van der Waals surface area contributed by atoms with Gasteiger partial charge < -0.3 is 15.4 Å². The molecule has 5 nitrogen and oxygen atoms in total. The van der Waals surface area contributed by atoms with Crippen molar-refractivity contribution in [2.24, 2.45) is 18.7 Å². The molecule has 5 heteroatoms. The van der Waals surface area contributed by atoms with E-state index in [9.17, 15) is 0 Å². The van der Waals surface area contributed by atoms with E-state index >= 15 is 0 Å². The molecule has 0 spiro atoms. The first kappa shape index (κ1) is 14.3. The predicted molar refractivity (Wildman–Crippen MR) is 77.5 cm³/mol. The Morgan fingerprint density at radius 2 is 2.26 bits per heavy atom. The normalized spacial score (nSPS) is 21.1. The quantitative estimate of drug-likeness (QED) is 0.867. The summed E-state index contributed by atoms with van der Waals surface area (Å²) in [6.45, 7) is 7.10. The fourth-order valence-corrected chi connectivity index (χ4v) is 3.04. The zero-order chi connectivity index (χ0) is 14.0. The highest BCUT2D eigenvalue weighted by Crippen LogP contribution is 2.29. The molecular weight excluding hydrogens is 240 g/mol. The van der Waals surface area contributed by atoms with Crippen LogP contribution in [0, 0.1) is 12.8 Å². The average molecular weight is 266 g/mol. The summed E-state index contributed by atoms with van der Waals surface area (Å²) in [5.41, 5.74) is 8.37. The van der Waals surface area contributed by atoms with Crippen molar-refractivity contribution in [1.29, 1.82) is 0 Å². The van der Waals surface area contributed by atoms with Crippen LogP contribution >= 0.6 is 0 Å². The van der Waals surface area contributed by atoms with Crippen LogP contribution in [0.1, 0.15) is 24.6 Å². The zero-order valence-corrected chi connectivity index (χ0v) is 12.5. The highest BCUT2D eigenvalue weighted by Gasteiger charge is 2.27. The Kier molecular flexibility index (Phi) is 4.47. The van der Waals surface area contributed by atoms with Crippen LogP contribution in [0.3, 0.4) is 0 Å². The molecule has 1 fully saturated rings. The second-order valence-electron chi connectivity index (χ2n) is 5.75. The minimum absolute atomic E-state index is 0.166. The molecule has 0 aliphatic carbocycles. The van der Waals surface area contributed by atoms with Gasteiger partial charge in [-0.2, -0.15) is 5.10 Å². The second kappa shape index (κ2) is 5.92. The van der Waals surface area contributed by atoms with E-state index in [0.29, 0.717) is 5.92 Å². The van der Waals surface area contributed by atoms with Crippen molar-refractivity contribution in [2.45, 2.75) is 32.7 Å². The van der Waals surface area contributed by atoms with Crippen molar-refractivity contribution in [3.8, 4) is 0 Å². The Balaban J connectivity index is 2.20. The number of hydrogen-bond acceptors (Lipinski definition) is 4. The first-order valence-corrected chi connectivity index (χ1v) is 7.04. The first-order chi connectivity index (χ1) is 9.02. The van der Waals surface area contributed by atoms with Crippen LogP contribution in [0.4, 0.5) is 5.82 Å². The second-order valence-corrected chi connectivity index (χ2v) is 5.75. The Hall–Kier alpha value is -1.07. The van der Waals surface area contributed by atoms with Gasteiger partial charge in [0.1, 0.15) is 5.82 Å². The molecule has 2 atom stereocenters. The third-order valence-electron chi connectivity index (χ3n) is 3.83. The van der Waals surface area contributed by atoms with E-state index in [-0.39, 0.29) is 6.04 Å². The topological polar surface area (TPSA) is 56.3 Å². The van der Waals surface area contributed by atoms with E-state index in [4.69, 9.17) is 10.5 Å². The SMILES string of the molecule is COCC1CCN(c2c(CC(C)N)c(C)nn2C)C1. The van der Waals surface area contributed by atoms with E-state index in [1.807, 2.05) is 18.7 Å². The van der Waals surface area contributed by atoms with Gasteiger partial charge in [0.25, 0.3) is 0 Å². The van der Waals surface area contributed by atoms with Gasteiger partial charge in [-0.1, -0.05) is 0 Å². The summed E-state index contributed by atoms with van der Waals surface area (Å²) in [5.74, 6) is 1.87. The van der Waals surface area contributed by atoms with E-state index < -0.39 is 0 Å². The van der Waals surface area contributed by atoms with Crippen LogP contribution in [0.25, 0.3) is 0 Å². The number of rotatable bonds is 5. The first-order valence-electron chi connectivity index (χ1n) is 7.04. The van der Waals surface area contributed by atoms with Crippen LogP contribution in [0.5, 0.6) is 0 Å². The lowest BCUT2D eigenvalue weighted by Crippen LogP contribution is -2.26. The number of aryl methyl sites for hydroxylation is 2. The van der Waals surface area contributed by atoms with Crippen LogP contribution < -0.4 is 10.6 Å². The van der Waals surface area contributed by atoms with Gasteiger partial charge in [-0.05, 0) is 26.7 Å². The van der Waals surface area contributed by atoms with E-state index in [2.05, 4.69) is 16.9 Å². The molecule has 0 aromatic carbocycles. The van der Waals surface area contributed by atoms with E-state index in [1.54, 1.807) is 7.11 Å². The number of nitrogens with zero attached hydrogens (tertiary/aromatic N) is 3. The maximum Gasteiger partial charge on any atom is 0.130 e. The number of anilines is 1. The maximum absolute atomic E-state index is 5.97. The number of nitrogens with two attached hydrogens (primary N) is 1. The third-order valence-corrected chi connectivity index (χ3v) is 3.83. The Labute approximate surface area is 115 Å². The monoisotopic (exact) mass is 266 g/mol. The molecule has 108 valence electrons. The lowest BCUT2D eigenvalue weighted by molar-refractivity contribution is 0.161. The van der Waals surface area contributed by atoms with Gasteiger partial charge in [0.2, 0.25) is 0 Å². The minimum atomic E-state index is 0.166. The number of methoxy groups -OCH3 is 1. The van der Waals surface area contributed by atoms with Gasteiger partial charge in [0, 0.05) is 44.8 Å². The minimum Gasteiger partial charge on any atom is -0.384 e. The highest BCUT2D eigenvalue weighted by atomic mass is 16.5. The Morgan fingerprint density at radius 1 is 1.53 bits per heavy atom. The van der Waals surface area contributed by atoms with Crippen molar-refractivity contribution in [1.82, 2.24) is 9.78 Å². The summed E-state index contributed by atoms with van der Waals surface area (Å²) < 4.78 is 7.27. The molecule has 0 bridgehead atoms. The van der Waals surface area contributed by atoms with E-state index in [0.717, 1.165) is 31.8 Å². The van der Waals surface area contributed by atoms with Gasteiger partial charge in [-0.25, -0.2) is 0 Å². The van der Waals surface area contributed by atoms with Crippen LogP contribution in [-0.2, 0) is 18.2 Å². The smallest absolute Gasteiger partial charge is 0.130 e. The highest BCUT2D eigenvalue weighted by molar-refractivity contribution is 5.51. The van der Waals surface area contributed by atoms with Gasteiger partial charge >= 0.3 is 0 Å². The molecule has 0 saturated carbocycles. The molecule has 0 amide bonds. The largest absolute Gasteiger partial charge is 0.384 e. The van der Waals surface area contributed by atoms with E-state index in [1.165, 1.54) is 17.8 Å². The predicted octanol–water partition coefficient (Wildman–Crippen LogP) is 1.09. The standard InChI is InChI=1S/C14H26N4O/c1-10(15)7-13-11(2)16-17(3)14(13)18-6-5-12(8-18)9-19-4/h10,12H,5-9,15H2,1-4H3. The molecule has 1 aromatic heterocycles. The van der Waals surface area contributed by atoms with Crippen LogP contribution in [0.2, 0.25) is 0 Å². The molecule has 1 saturated heterocycles. The number of hydrogen-bond donors (Lipinski definition) is 1. The zero-order valence-electron chi connectivity index (χ0n) is 12.5. The molecule has 1 aliphatic heterocycles. The molecule has 2 N–H and O–H groups in total. The lowest BCUT2D eigenvalue weighted by Gasteiger charge is -2.21. The fourth-order valence-electron chi connectivity index (χ4n) is 3.04. The summed E-state index contributed by atoms with van der Waals surface area (Å²) in [4.78, 5) is 2.43. The molecule has 1 aromatic rings. The maximum atomic E-state index is 5.97. The third kappa shape index (κ3) is 3.09. The molecule has 2 unspecified atom stereocenters. The molecule has 2 rings (SSSR count). The average Bonchev–Trinajstić information content (AvgIpc) is 2.85. The summed E-state index contributed by atoms with van der Waals surface area (Å²) >= 11 is 0. The number of aromatic nitrogens is 2. The number of ether oxygens (including phenoxy) is 1. The lowest BCUT2D eigenvalue weighted by atomic mass is 10.1. The van der Waals surface area contributed by atoms with Crippen LogP contribution in [0.15, 0.2) is 0 Å². The van der Waals surface area contributed by atoms with Crippen molar-refractivity contribution >= 4 is 5.82 Å². The molecule has 19 heavy (non-hydrogen) atoms. The summed E-state index contributed by atoms with van der Waals surface area (Å²) in [7, 11) is 3.80. The van der Waals surface area contributed by atoms with Crippen molar-refractivity contribution < 1.29 is 4.74 Å². The van der Waals surface area contributed by atoms with Crippen molar-refractivity contribution in [3.63, 3.8) is 0 Å². The summed E-state index contributed by atoms with van der Waals surface area (Å²) in [6.07, 6.45) is 2.08.